The number of hydrogen-bond donors (Lipinski definition) is 1. The maximum atomic E-state index is 6.22. The second kappa shape index (κ2) is 6.20. The molecule has 1 unspecified atom stereocenters. The highest BCUT2D eigenvalue weighted by Crippen LogP contribution is 2.25. The summed E-state index contributed by atoms with van der Waals surface area (Å²) in [6.45, 7) is 2.83. The number of aromatic nitrogens is 2. The summed E-state index contributed by atoms with van der Waals surface area (Å²) in [6.07, 6.45) is 3.61. The molecule has 3 rings (SSSR count). The van der Waals surface area contributed by atoms with Crippen molar-refractivity contribution < 1.29 is 0 Å². The molecular formula is C17H16ClN3. The minimum atomic E-state index is 0.181. The first-order valence-electron chi connectivity index (χ1n) is 6.92. The van der Waals surface area contributed by atoms with Gasteiger partial charge in [0.2, 0.25) is 0 Å². The number of nitrogens with zero attached hydrogens (tertiary/aromatic N) is 2. The van der Waals surface area contributed by atoms with Crippen molar-refractivity contribution in [2.75, 3.05) is 0 Å². The van der Waals surface area contributed by atoms with Gasteiger partial charge < -0.3 is 5.32 Å². The van der Waals surface area contributed by atoms with Gasteiger partial charge >= 0.3 is 0 Å². The second-order valence-corrected chi connectivity index (χ2v) is 5.37. The fraction of sp³-hybridized carbons (Fsp3) is 0.176. The topological polar surface area (TPSA) is 37.8 Å². The smallest absolute Gasteiger partial charge is 0.0761 e. The first-order chi connectivity index (χ1) is 10.3. The molecule has 0 radical (unpaired) electrons. The summed E-state index contributed by atoms with van der Waals surface area (Å²) in [7, 11) is 0. The number of nitrogens with one attached hydrogen (secondary N) is 1. The van der Waals surface area contributed by atoms with E-state index in [1.807, 2.05) is 48.7 Å². The van der Waals surface area contributed by atoms with Crippen LogP contribution in [-0.4, -0.2) is 9.97 Å². The molecular weight excluding hydrogens is 282 g/mol. The molecule has 0 bridgehead atoms. The normalized spacial score (nSPS) is 12.5. The van der Waals surface area contributed by atoms with Crippen molar-refractivity contribution in [1.82, 2.24) is 15.3 Å². The summed E-state index contributed by atoms with van der Waals surface area (Å²) in [5.41, 5.74) is 3.12. The van der Waals surface area contributed by atoms with Crippen molar-refractivity contribution in [1.29, 1.82) is 0 Å². The molecule has 0 fully saturated rings. The summed E-state index contributed by atoms with van der Waals surface area (Å²) in [4.78, 5) is 8.82. The lowest BCUT2D eigenvalue weighted by atomic mass is 10.1. The largest absolute Gasteiger partial charge is 0.305 e. The predicted octanol–water partition coefficient (Wildman–Crippen LogP) is 4.13. The molecule has 0 aliphatic carbocycles. The van der Waals surface area contributed by atoms with E-state index in [0.29, 0.717) is 0 Å². The fourth-order valence-corrected chi connectivity index (χ4v) is 2.55. The van der Waals surface area contributed by atoms with E-state index in [9.17, 15) is 0 Å². The Labute approximate surface area is 129 Å². The van der Waals surface area contributed by atoms with E-state index in [1.165, 1.54) is 0 Å². The molecule has 0 aliphatic rings. The Bertz CT molecular complexity index is 743. The van der Waals surface area contributed by atoms with Crippen molar-refractivity contribution in [2.45, 2.75) is 19.5 Å². The average molecular weight is 298 g/mol. The maximum absolute atomic E-state index is 6.22. The van der Waals surface area contributed by atoms with Crippen LogP contribution in [0.25, 0.3) is 10.9 Å². The zero-order valence-corrected chi connectivity index (χ0v) is 12.5. The van der Waals surface area contributed by atoms with E-state index in [-0.39, 0.29) is 6.04 Å². The first kappa shape index (κ1) is 14.0. The monoisotopic (exact) mass is 297 g/mol. The van der Waals surface area contributed by atoms with E-state index in [2.05, 4.69) is 22.2 Å². The molecule has 0 aliphatic heterocycles. The van der Waals surface area contributed by atoms with Crippen LogP contribution in [0.5, 0.6) is 0 Å². The van der Waals surface area contributed by atoms with Gasteiger partial charge in [0.05, 0.1) is 11.2 Å². The lowest BCUT2D eigenvalue weighted by molar-refractivity contribution is 0.563. The number of benzene rings is 1. The van der Waals surface area contributed by atoms with Gasteiger partial charge in [0.15, 0.2) is 0 Å². The second-order valence-electron chi connectivity index (χ2n) is 4.96. The van der Waals surface area contributed by atoms with Gasteiger partial charge in [-0.25, -0.2) is 0 Å². The van der Waals surface area contributed by atoms with Crippen molar-refractivity contribution in [3.8, 4) is 0 Å². The van der Waals surface area contributed by atoms with Crippen molar-refractivity contribution >= 4 is 22.5 Å². The summed E-state index contributed by atoms with van der Waals surface area (Å²) >= 11 is 6.22. The van der Waals surface area contributed by atoms with Crippen molar-refractivity contribution in [2.24, 2.45) is 0 Å². The van der Waals surface area contributed by atoms with E-state index >= 15 is 0 Å². The fourth-order valence-electron chi connectivity index (χ4n) is 2.34. The molecule has 2 aromatic heterocycles. The molecule has 4 heteroatoms. The molecule has 0 saturated carbocycles. The van der Waals surface area contributed by atoms with Crippen molar-refractivity contribution in [3.63, 3.8) is 0 Å². The highest BCUT2D eigenvalue weighted by Gasteiger charge is 2.09. The molecule has 106 valence electrons. The van der Waals surface area contributed by atoms with Crippen molar-refractivity contribution in [3.05, 3.63) is 71.1 Å². The molecule has 0 saturated heterocycles. The Morgan fingerprint density at radius 3 is 2.71 bits per heavy atom. The van der Waals surface area contributed by atoms with Crippen LogP contribution in [0.1, 0.15) is 24.2 Å². The third kappa shape index (κ3) is 3.04. The quantitative estimate of drug-likeness (QED) is 0.786. The molecule has 0 amide bonds. The van der Waals surface area contributed by atoms with Crippen LogP contribution in [0.3, 0.4) is 0 Å². The van der Waals surface area contributed by atoms with Gasteiger partial charge in [-0.2, -0.15) is 0 Å². The van der Waals surface area contributed by atoms with Gasteiger partial charge in [-0.05, 0) is 42.8 Å². The van der Waals surface area contributed by atoms with Crippen LogP contribution in [0.4, 0.5) is 0 Å². The molecule has 21 heavy (non-hydrogen) atoms. The summed E-state index contributed by atoms with van der Waals surface area (Å²) in [5.74, 6) is 0. The van der Waals surface area contributed by atoms with Crippen LogP contribution >= 0.6 is 11.6 Å². The third-order valence-corrected chi connectivity index (χ3v) is 3.86. The lowest BCUT2D eigenvalue weighted by Gasteiger charge is -2.14. The van der Waals surface area contributed by atoms with Gasteiger partial charge in [0.1, 0.15) is 0 Å². The average Bonchev–Trinajstić information content (AvgIpc) is 2.55. The standard InChI is InChI=1S/C17H16ClN3/c1-12(16-6-2-3-9-19-16)21-11-13-7-8-15(18)14-5-4-10-20-17(13)14/h2-10,12,21H,11H2,1H3. The highest BCUT2D eigenvalue weighted by molar-refractivity contribution is 6.35. The molecule has 3 aromatic rings. The zero-order chi connectivity index (χ0) is 14.7. The molecule has 3 nitrogen and oxygen atoms in total. The zero-order valence-electron chi connectivity index (χ0n) is 11.8. The highest BCUT2D eigenvalue weighted by atomic mass is 35.5. The summed E-state index contributed by atoms with van der Waals surface area (Å²) in [6, 6.07) is 14.0. The van der Waals surface area contributed by atoms with Gasteiger partial charge in [0.25, 0.3) is 0 Å². The SMILES string of the molecule is CC(NCc1ccc(Cl)c2cccnc12)c1ccccn1. The lowest BCUT2D eigenvalue weighted by Crippen LogP contribution is -2.19. The molecule has 2 heterocycles. The van der Waals surface area contributed by atoms with Crippen LogP contribution in [0.2, 0.25) is 5.02 Å². The van der Waals surface area contributed by atoms with Crippen LogP contribution < -0.4 is 5.32 Å². The Kier molecular flexibility index (Phi) is 4.13. The number of hydrogen-bond acceptors (Lipinski definition) is 3. The molecule has 1 atom stereocenters. The minimum absolute atomic E-state index is 0.181. The predicted molar refractivity (Wildman–Crippen MR) is 86.2 cm³/mol. The molecule has 1 N–H and O–H groups in total. The van der Waals surface area contributed by atoms with E-state index < -0.39 is 0 Å². The van der Waals surface area contributed by atoms with E-state index in [1.54, 1.807) is 6.20 Å². The maximum Gasteiger partial charge on any atom is 0.0761 e. The number of pyridine rings is 2. The van der Waals surface area contributed by atoms with Crippen LogP contribution in [0, 0.1) is 0 Å². The van der Waals surface area contributed by atoms with Gasteiger partial charge in [0, 0.05) is 35.4 Å². The van der Waals surface area contributed by atoms with Crippen LogP contribution in [0.15, 0.2) is 54.9 Å². The Hall–Kier alpha value is -1.97. The minimum Gasteiger partial charge on any atom is -0.305 e. The molecule has 0 spiro atoms. The summed E-state index contributed by atoms with van der Waals surface area (Å²) < 4.78 is 0. The summed E-state index contributed by atoms with van der Waals surface area (Å²) in [5, 5.41) is 5.21. The van der Waals surface area contributed by atoms with Gasteiger partial charge in [-0.3, -0.25) is 9.97 Å². The first-order valence-corrected chi connectivity index (χ1v) is 7.30. The van der Waals surface area contributed by atoms with E-state index in [0.717, 1.165) is 33.7 Å². The molecule has 1 aromatic carbocycles. The van der Waals surface area contributed by atoms with Crippen LogP contribution in [-0.2, 0) is 6.54 Å². The Morgan fingerprint density at radius 2 is 1.90 bits per heavy atom. The Morgan fingerprint density at radius 1 is 1.05 bits per heavy atom. The Balaban J connectivity index is 1.81. The number of halogens is 1. The van der Waals surface area contributed by atoms with Gasteiger partial charge in [-0.15, -0.1) is 0 Å². The number of fused-ring (bicyclic) bond motifs is 1. The van der Waals surface area contributed by atoms with E-state index in [4.69, 9.17) is 11.6 Å². The van der Waals surface area contributed by atoms with Gasteiger partial charge in [-0.1, -0.05) is 23.7 Å². The number of rotatable bonds is 4. The third-order valence-electron chi connectivity index (χ3n) is 3.53.